The van der Waals surface area contributed by atoms with Crippen molar-refractivity contribution in [1.82, 2.24) is 14.5 Å². The highest BCUT2D eigenvalue weighted by molar-refractivity contribution is 5.91. The SMILES string of the molecule is CCC(C)(O)CC(=O)Nc1nc2ccc(C)nc2n1C1CCC1. The summed E-state index contributed by atoms with van der Waals surface area (Å²) < 4.78 is 2.05. The Kier molecular flexibility index (Phi) is 4.10. The Labute approximate surface area is 135 Å². The van der Waals surface area contributed by atoms with E-state index in [-0.39, 0.29) is 12.3 Å². The number of aryl methyl sites for hydroxylation is 1. The lowest BCUT2D eigenvalue weighted by molar-refractivity contribution is -0.120. The van der Waals surface area contributed by atoms with Gasteiger partial charge in [-0.25, -0.2) is 9.97 Å². The molecule has 23 heavy (non-hydrogen) atoms. The first-order valence-corrected chi connectivity index (χ1v) is 8.27. The van der Waals surface area contributed by atoms with E-state index in [1.54, 1.807) is 6.92 Å². The molecule has 0 aromatic carbocycles. The van der Waals surface area contributed by atoms with Crippen LogP contribution in [0.2, 0.25) is 0 Å². The quantitative estimate of drug-likeness (QED) is 0.888. The van der Waals surface area contributed by atoms with Crippen molar-refractivity contribution < 1.29 is 9.90 Å². The minimum absolute atomic E-state index is 0.0594. The summed E-state index contributed by atoms with van der Waals surface area (Å²) in [4.78, 5) is 21.4. The summed E-state index contributed by atoms with van der Waals surface area (Å²) in [6, 6.07) is 4.20. The molecule has 6 nitrogen and oxygen atoms in total. The first-order valence-electron chi connectivity index (χ1n) is 8.27. The maximum Gasteiger partial charge on any atom is 0.229 e. The van der Waals surface area contributed by atoms with Crippen LogP contribution in [-0.4, -0.2) is 31.1 Å². The van der Waals surface area contributed by atoms with Crippen LogP contribution in [0.5, 0.6) is 0 Å². The number of amides is 1. The number of pyridine rings is 1. The Morgan fingerprint density at radius 1 is 1.43 bits per heavy atom. The molecular formula is C17H24N4O2. The zero-order valence-electron chi connectivity index (χ0n) is 14.0. The van der Waals surface area contributed by atoms with E-state index in [0.717, 1.165) is 29.7 Å². The number of aromatic nitrogens is 3. The predicted octanol–water partition coefficient (Wildman–Crippen LogP) is 2.95. The second-order valence-electron chi connectivity index (χ2n) is 6.76. The van der Waals surface area contributed by atoms with Gasteiger partial charge >= 0.3 is 0 Å². The van der Waals surface area contributed by atoms with Crippen LogP contribution >= 0.6 is 0 Å². The van der Waals surface area contributed by atoms with E-state index >= 15 is 0 Å². The normalized spacial score (nSPS) is 17.7. The van der Waals surface area contributed by atoms with Gasteiger partial charge in [-0.15, -0.1) is 0 Å². The summed E-state index contributed by atoms with van der Waals surface area (Å²) in [5.74, 6) is 0.323. The molecule has 2 aromatic heterocycles. The molecule has 2 aromatic rings. The average molecular weight is 316 g/mol. The van der Waals surface area contributed by atoms with Crippen LogP contribution in [0.25, 0.3) is 11.2 Å². The van der Waals surface area contributed by atoms with Crippen molar-refractivity contribution in [3.05, 3.63) is 17.8 Å². The number of carbonyl (C=O) groups excluding carboxylic acids is 1. The summed E-state index contributed by atoms with van der Waals surface area (Å²) in [6.45, 7) is 5.49. The standard InChI is InChI=1S/C17H24N4O2/c1-4-17(3,23)10-14(22)20-16-19-13-9-8-11(2)18-15(13)21(16)12-6-5-7-12/h8-9,12,23H,4-7,10H2,1-3H3,(H,19,20,22). The van der Waals surface area contributed by atoms with Crippen molar-refractivity contribution in [3.63, 3.8) is 0 Å². The summed E-state index contributed by atoms with van der Waals surface area (Å²) in [5.41, 5.74) is 1.56. The lowest BCUT2D eigenvalue weighted by Gasteiger charge is -2.28. The van der Waals surface area contributed by atoms with Gasteiger partial charge in [-0.2, -0.15) is 0 Å². The summed E-state index contributed by atoms with van der Waals surface area (Å²) >= 11 is 0. The third-order valence-electron chi connectivity index (χ3n) is 4.67. The van der Waals surface area contributed by atoms with E-state index in [2.05, 4.69) is 15.3 Å². The van der Waals surface area contributed by atoms with Crippen molar-refractivity contribution in [2.24, 2.45) is 0 Å². The second kappa shape index (κ2) is 5.92. The zero-order valence-corrected chi connectivity index (χ0v) is 14.0. The van der Waals surface area contributed by atoms with Crippen molar-refractivity contribution in [3.8, 4) is 0 Å². The number of hydrogen-bond donors (Lipinski definition) is 2. The van der Waals surface area contributed by atoms with Gasteiger partial charge in [-0.1, -0.05) is 6.92 Å². The third-order valence-corrected chi connectivity index (χ3v) is 4.67. The number of nitrogens with one attached hydrogen (secondary N) is 1. The molecule has 2 N–H and O–H groups in total. The number of anilines is 1. The van der Waals surface area contributed by atoms with Gasteiger partial charge in [0.15, 0.2) is 5.65 Å². The van der Waals surface area contributed by atoms with E-state index < -0.39 is 5.60 Å². The monoisotopic (exact) mass is 316 g/mol. The van der Waals surface area contributed by atoms with Gasteiger partial charge in [0, 0.05) is 11.7 Å². The van der Waals surface area contributed by atoms with Gasteiger partial charge in [-0.3, -0.25) is 14.7 Å². The highest BCUT2D eigenvalue weighted by atomic mass is 16.3. The molecule has 0 bridgehead atoms. The number of hydrogen-bond acceptors (Lipinski definition) is 4. The summed E-state index contributed by atoms with van der Waals surface area (Å²) in [6.07, 6.45) is 3.94. The number of fused-ring (bicyclic) bond motifs is 1. The van der Waals surface area contributed by atoms with Gasteiger partial charge in [0.1, 0.15) is 5.52 Å². The summed E-state index contributed by atoms with van der Waals surface area (Å²) in [7, 11) is 0. The number of carbonyl (C=O) groups is 1. The molecular weight excluding hydrogens is 292 g/mol. The van der Waals surface area contributed by atoms with Crippen LogP contribution in [0, 0.1) is 6.92 Å². The maximum absolute atomic E-state index is 12.3. The lowest BCUT2D eigenvalue weighted by atomic mass is 9.93. The van der Waals surface area contributed by atoms with E-state index in [9.17, 15) is 9.90 Å². The van der Waals surface area contributed by atoms with Crippen molar-refractivity contribution >= 4 is 23.0 Å². The average Bonchev–Trinajstić information content (AvgIpc) is 2.74. The van der Waals surface area contributed by atoms with E-state index in [1.165, 1.54) is 6.42 Å². The van der Waals surface area contributed by atoms with Crippen LogP contribution < -0.4 is 5.32 Å². The molecule has 1 saturated carbocycles. The van der Waals surface area contributed by atoms with E-state index in [1.807, 2.05) is 30.5 Å². The largest absolute Gasteiger partial charge is 0.390 e. The molecule has 1 aliphatic rings. The Bertz CT molecular complexity index is 732. The molecule has 6 heteroatoms. The number of imidazole rings is 1. The fourth-order valence-electron chi connectivity index (χ4n) is 2.79. The van der Waals surface area contributed by atoms with Gasteiger partial charge in [-0.05, 0) is 51.7 Å². The van der Waals surface area contributed by atoms with Crippen molar-refractivity contribution in [2.75, 3.05) is 5.32 Å². The van der Waals surface area contributed by atoms with Crippen molar-refractivity contribution in [1.29, 1.82) is 0 Å². The Morgan fingerprint density at radius 3 is 2.78 bits per heavy atom. The molecule has 1 unspecified atom stereocenters. The minimum atomic E-state index is -0.994. The molecule has 124 valence electrons. The Balaban J connectivity index is 1.92. The number of nitrogens with zero attached hydrogens (tertiary/aromatic N) is 3. The number of rotatable bonds is 5. The topological polar surface area (TPSA) is 80.0 Å². The molecule has 1 fully saturated rings. The lowest BCUT2D eigenvalue weighted by Crippen LogP contribution is -2.31. The Hall–Kier alpha value is -1.95. The first-order chi connectivity index (χ1) is 10.9. The van der Waals surface area contributed by atoms with Gasteiger partial charge in [0.2, 0.25) is 11.9 Å². The molecule has 0 aliphatic heterocycles. The second-order valence-corrected chi connectivity index (χ2v) is 6.76. The highest BCUT2D eigenvalue weighted by Gasteiger charge is 2.28. The smallest absolute Gasteiger partial charge is 0.229 e. The molecule has 1 amide bonds. The van der Waals surface area contributed by atoms with E-state index in [0.29, 0.717) is 18.4 Å². The zero-order chi connectivity index (χ0) is 16.6. The molecule has 0 radical (unpaired) electrons. The fourth-order valence-corrected chi connectivity index (χ4v) is 2.79. The summed E-state index contributed by atoms with van der Waals surface area (Å²) in [5, 5.41) is 13.0. The molecule has 3 rings (SSSR count). The Morgan fingerprint density at radius 2 is 2.17 bits per heavy atom. The highest BCUT2D eigenvalue weighted by Crippen LogP contribution is 2.36. The molecule has 1 aliphatic carbocycles. The minimum Gasteiger partial charge on any atom is -0.390 e. The molecule has 0 saturated heterocycles. The van der Waals surface area contributed by atoms with Gasteiger partial charge in [0.05, 0.1) is 12.0 Å². The van der Waals surface area contributed by atoms with Crippen LogP contribution in [0.15, 0.2) is 12.1 Å². The molecule has 1 atom stereocenters. The first kappa shape index (κ1) is 15.9. The maximum atomic E-state index is 12.3. The van der Waals surface area contributed by atoms with Crippen LogP contribution in [-0.2, 0) is 4.79 Å². The third kappa shape index (κ3) is 3.22. The fraction of sp³-hybridized carbons (Fsp3) is 0.588. The molecule has 0 spiro atoms. The predicted molar refractivity (Wildman–Crippen MR) is 89.3 cm³/mol. The van der Waals surface area contributed by atoms with Gasteiger partial charge < -0.3 is 5.11 Å². The van der Waals surface area contributed by atoms with Crippen LogP contribution in [0.3, 0.4) is 0 Å². The van der Waals surface area contributed by atoms with E-state index in [4.69, 9.17) is 0 Å². The number of aliphatic hydroxyl groups is 1. The van der Waals surface area contributed by atoms with Crippen LogP contribution in [0.1, 0.15) is 57.7 Å². The van der Waals surface area contributed by atoms with Crippen molar-refractivity contribution in [2.45, 2.75) is 64.5 Å². The van der Waals surface area contributed by atoms with Gasteiger partial charge in [0.25, 0.3) is 0 Å². The molecule has 2 heterocycles. The van der Waals surface area contributed by atoms with Crippen LogP contribution in [0.4, 0.5) is 5.95 Å².